The number of nitrogens with one attached hydrogen (secondary N) is 1. The first-order chi connectivity index (χ1) is 14.1. The Labute approximate surface area is 172 Å². The minimum atomic E-state index is -1.34. The lowest BCUT2D eigenvalue weighted by Crippen LogP contribution is -2.42. The van der Waals surface area contributed by atoms with Crippen molar-refractivity contribution in [3.63, 3.8) is 0 Å². The Bertz CT molecular complexity index is 1030. The molecule has 1 aromatic heterocycles. The van der Waals surface area contributed by atoms with Gasteiger partial charge in [0.05, 0.1) is 28.2 Å². The summed E-state index contributed by atoms with van der Waals surface area (Å²) in [6, 6.07) is 6.66. The van der Waals surface area contributed by atoms with Gasteiger partial charge in [-0.25, -0.2) is 4.79 Å². The lowest BCUT2D eigenvalue weighted by Gasteiger charge is -2.28. The van der Waals surface area contributed by atoms with Gasteiger partial charge in [-0.05, 0) is 44.0 Å². The molecule has 0 saturated carbocycles. The number of carbonyl (C=O) groups is 1. The van der Waals surface area contributed by atoms with Gasteiger partial charge in [0.25, 0.3) is 5.69 Å². The lowest BCUT2D eigenvalue weighted by molar-refractivity contribution is -0.384. The standard InChI is InChI=1S/C20H21N5O5/c1-20(2,28)18-8-14(10-23-18)24(19(26)27)17-7-12(3-4-16(17)25(29)30)15-11-22-6-5-13(15)9-21/h3-7,11,14,18,23,28H,8,10H2,1-2H3,(H,26,27)/t14-,18-/m0/s1. The number of benzene rings is 1. The highest BCUT2D eigenvalue weighted by atomic mass is 16.6. The molecule has 2 atom stereocenters. The van der Waals surface area contributed by atoms with Crippen LogP contribution in [0.1, 0.15) is 25.8 Å². The van der Waals surface area contributed by atoms with Crippen LogP contribution in [0, 0.1) is 21.4 Å². The molecule has 0 unspecified atom stereocenters. The van der Waals surface area contributed by atoms with E-state index in [2.05, 4.69) is 10.3 Å². The van der Waals surface area contributed by atoms with E-state index < -0.39 is 22.7 Å². The number of aliphatic hydroxyl groups is 1. The third-order valence-electron chi connectivity index (χ3n) is 5.22. The van der Waals surface area contributed by atoms with Crippen LogP contribution in [0.2, 0.25) is 0 Å². The SMILES string of the molecule is CC(C)(O)[C@@H]1C[C@H](N(C(=O)O)c2cc(-c3cnccc3C#N)ccc2[N+](=O)[O-])CN1. The second-order valence-electron chi connectivity index (χ2n) is 7.65. The average Bonchev–Trinajstić information content (AvgIpc) is 3.17. The topological polar surface area (TPSA) is 153 Å². The largest absolute Gasteiger partial charge is 0.465 e. The Hall–Kier alpha value is -3.55. The normalized spacial score (nSPS) is 18.6. The molecule has 0 radical (unpaired) electrons. The highest BCUT2D eigenvalue weighted by Crippen LogP contribution is 2.37. The summed E-state index contributed by atoms with van der Waals surface area (Å²) in [6.45, 7) is 3.47. The number of amides is 1. The van der Waals surface area contributed by atoms with Crippen LogP contribution in [0.5, 0.6) is 0 Å². The molecule has 156 valence electrons. The Morgan fingerprint density at radius 2 is 2.17 bits per heavy atom. The molecule has 30 heavy (non-hydrogen) atoms. The van der Waals surface area contributed by atoms with Gasteiger partial charge in [-0.15, -0.1) is 0 Å². The number of pyridine rings is 1. The lowest BCUT2D eigenvalue weighted by atomic mass is 9.95. The van der Waals surface area contributed by atoms with Crippen molar-refractivity contribution in [3.05, 3.63) is 52.3 Å². The van der Waals surface area contributed by atoms with Gasteiger partial charge < -0.3 is 15.5 Å². The monoisotopic (exact) mass is 411 g/mol. The summed E-state index contributed by atoms with van der Waals surface area (Å²) in [5, 5.41) is 44.2. The van der Waals surface area contributed by atoms with Gasteiger partial charge in [0.15, 0.2) is 0 Å². The van der Waals surface area contributed by atoms with Crippen LogP contribution in [0.4, 0.5) is 16.2 Å². The van der Waals surface area contributed by atoms with Gasteiger partial charge in [-0.1, -0.05) is 0 Å². The number of carboxylic acid groups (broad SMARTS) is 1. The number of nitrogens with zero attached hydrogens (tertiary/aromatic N) is 4. The van der Waals surface area contributed by atoms with Gasteiger partial charge >= 0.3 is 6.09 Å². The van der Waals surface area contributed by atoms with Crippen molar-refractivity contribution in [2.24, 2.45) is 0 Å². The van der Waals surface area contributed by atoms with E-state index in [4.69, 9.17) is 0 Å². The molecule has 1 aliphatic rings. The summed E-state index contributed by atoms with van der Waals surface area (Å²) in [4.78, 5) is 28.1. The maximum absolute atomic E-state index is 12.1. The molecular formula is C20H21N5O5. The van der Waals surface area contributed by atoms with Crippen LogP contribution >= 0.6 is 0 Å². The molecule has 10 nitrogen and oxygen atoms in total. The maximum Gasteiger partial charge on any atom is 0.412 e. The summed E-state index contributed by atoms with van der Waals surface area (Å²) in [5.41, 5.74) is -0.339. The van der Waals surface area contributed by atoms with Gasteiger partial charge in [0.1, 0.15) is 5.69 Å². The van der Waals surface area contributed by atoms with Crippen LogP contribution in [-0.2, 0) is 0 Å². The molecule has 2 aromatic rings. The van der Waals surface area contributed by atoms with Crippen molar-refractivity contribution in [1.82, 2.24) is 10.3 Å². The summed E-state index contributed by atoms with van der Waals surface area (Å²) in [5.74, 6) is 0. The number of hydrogen-bond acceptors (Lipinski definition) is 7. The number of nitro groups is 1. The minimum absolute atomic E-state index is 0.0964. The molecule has 1 aliphatic heterocycles. The zero-order chi connectivity index (χ0) is 22.1. The van der Waals surface area contributed by atoms with Crippen LogP contribution in [0.25, 0.3) is 11.1 Å². The number of anilines is 1. The van der Waals surface area contributed by atoms with Crippen molar-refractivity contribution >= 4 is 17.5 Å². The number of aromatic nitrogens is 1. The fourth-order valence-electron chi connectivity index (χ4n) is 3.67. The highest BCUT2D eigenvalue weighted by Gasteiger charge is 2.40. The van der Waals surface area contributed by atoms with Crippen LogP contribution in [0.3, 0.4) is 0 Å². The predicted octanol–water partition coefficient (Wildman–Crippen LogP) is 2.51. The second kappa shape index (κ2) is 8.06. The highest BCUT2D eigenvalue weighted by molar-refractivity contribution is 5.92. The Morgan fingerprint density at radius 1 is 1.43 bits per heavy atom. The van der Waals surface area contributed by atoms with Crippen molar-refractivity contribution in [2.45, 2.75) is 38.0 Å². The quantitative estimate of drug-likeness (QED) is 0.501. The molecular weight excluding hydrogens is 390 g/mol. The van der Waals surface area contributed by atoms with Crippen molar-refractivity contribution in [2.75, 3.05) is 11.4 Å². The molecule has 0 bridgehead atoms. The molecule has 1 aromatic carbocycles. The number of nitro benzene ring substituents is 1. The Kier molecular flexibility index (Phi) is 5.69. The molecule has 3 rings (SSSR count). The number of nitriles is 1. The summed E-state index contributed by atoms with van der Waals surface area (Å²) < 4.78 is 0. The Morgan fingerprint density at radius 3 is 2.73 bits per heavy atom. The van der Waals surface area contributed by atoms with Crippen LogP contribution in [0.15, 0.2) is 36.7 Å². The zero-order valence-electron chi connectivity index (χ0n) is 16.4. The first-order valence-electron chi connectivity index (χ1n) is 9.24. The summed E-state index contributed by atoms with van der Waals surface area (Å²) >= 11 is 0. The smallest absolute Gasteiger partial charge is 0.412 e. The first-order valence-corrected chi connectivity index (χ1v) is 9.24. The van der Waals surface area contributed by atoms with E-state index in [0.29, 0.717) is 16.7 Å². The number of hydrogen-bond donors (Lipinski definition) is 3. The van der Waals surface area contributed by atoms with Gasteiger partial charge in [0, 0.05) is 36.6 Å². The van der Waals surface area contributed by atoms with E-state index >= 15 is 0 Å². The van der Waals surface area contributed by atoms with Crippen LogP contribution in [-0.4, -0.2) is 50.4 Å². The minimum Gasteiger partial charge on any atom is -0.465 e. The van der Waals surface area contributed by atoms with Crippen molar-refractivity contribution in [3.8, 4) is 17.2 Å². The second-order valence-corrected chi connectivity index (χ2v) is 7.65. The van der Waals surface area contributed by atoms with Crippen molar-refractivity contribution in [1.29, 1.82) is 5.26 Å². The average molecular weight is 411 g/mol. The van der Waals surface area contributed by atoms with Gasteiger partial charge in [-0.3, -0.25) is 20.0 Å². The maximum atomic E-state index is 12.1. The first kappa shape index (κ1) is 21.2. The van der Waals surface area contributed by atoms with E-state index in [1.165, 1.54) is 36.7 Å². The molecule has 1 saturated heterocycles. The summed E-state index contributed by atoms with van der Waals surface area (Å²) in [7, 11) is 0. The fourth-order valence-corrected chi connectivity index (χ4v) is 3.67. The molecule has 0 aliphatic carbocycles. The fraction of sp³-hybridized carbons (Fsp3) is 0.350. The van der Waals surface area contributed by atoms with E-state index in [1.807, 2.05) is 6.07 Å². The van der Waals surface area contributed by atoms with Crippen LogP contribution < -0.4 is 10.2 Å². The molecule has 3 N–H and O–H groups in total. The zero-order valence-corrected chi connectivity index (χ0v) is 16.4. The van der Waals surface area contributed by atoms with E-state index in [-0.39, 0.29) is 30.4 Å². The Balaban J connectivity index is 2.10. The third kappa shape index (κ3) is 4.07. The van der Waals surface area contributed by atoms with E-state index in [0.717, 1.165) is 4.90 Å². The van der Waals surface area contributed by atoms with E-state index in [9.17, 15) is 30.4 Å². The van der Waals surface area contributed by atoms with Gasteiger partial charge in [0.2, 0.25) is 0 Å². The van der Waals surface area contributed by atoms with Gasteiger partial charge in [-0.2, -0.15) is 5.26 Å². The third-order valence-corrected chi connectivity index (χ3v) is 5.22. The molecule has 0 spiro atoms. The van der Waals surface area contributed by atoms with E-state index in [1.54, 1.807) is 13.8 Å². The molecule has 1 amide bonds. The molecule has 2 heterocycles. The molecule has 1 fully saturated rings. The number of rotatable bonds is 5. The summed E-state index contributed by atoms with van der Waals surface area (Å²) in [6.07, 6.45) is 1.85. The predicted molar refractivity (Wildman–Crippen MR) is 108 cm³/mol. The van der Waals surface area contributed by atoms with Crippen molar-refractivity contribution < 1.29 is 19.9 Å². The molecule has 10 heteroatoms.